The molecule has 0 saturated carbocycles. The highest BCUT2D eigenvalue weighted by Crippen LogP contribution is 2.18. The predicted octanol–water partition coefficient (Wildman–Crippen LogP) is 0.472. The van der Waals surface area contributed by atoms with Crippen molar-refractivity contribution in [3.05, 3.63) is 0 Å². The Morgan fingerprint density at radius 3 is 2.29 bits per heavy atom. The van der Waals surface area contributed by atoms with Crippen LogP contribution in [0.2, 0.25) is 0 Å². The van der Waals surface area contributed by atoms with E-state index in [-0.39, 0.29) is 18.4 Å². The number of hydrogen-bond donors (Lipinski definition) is 1. The molecule has 1 unspecified atom stereocenters. The van der Waals surface area contributed by atoms with Crippen molar-refractivity contribution >= 4 is 18.0 Å². The fraction of sp³-hybridized carbons (Fsp3) is 0.812. The molecule has 24 heavy (non-hydrogen) atoms. The number of carboxylic acid groups (broad SMARTS) is 1. The van der Waals surface area contributed by atoms with Gasteiger partial charge in [0.05, 0.1) is 5.92 Å². The van der Waals surface area contributed by atoms with Crippen LogP contribution in [0.4, 0.5) is 4.79 Å². The van der Waals surface area contributed by atoms with E-state index in [9.17, 15) is 14.4 Å². The van der Waals surface area contributed by atoms with Crippen LogP contribution in [0.25, 0.3) is 0 Å². The number of piperazine rings is 1. The summed E-state index contributed by atoms with van der Waals surface area (Å²) in [5.41, 5.74) is -0.495. The van der Waals surface area contributed by atoms with Crippen molar-refractivity contribution in [2.24, 2.45) is 5.92 Å². The van der Waals surface area contributed by atoms with Gasteiger partial charge in [0, 0.05) is 52.2 Å². The molecule has 0 aliphatic carbocycles. The van der Waals surface area contributed by atoms with Gasteiger partial charge in [0.2, 0.25) is 5.91 Å². The summed E-state index contributed by atoms with van der Waals surface area (Å²) in [6.07, 6.45) is -0.192. The van der Waals surface area contributed by atoms with E-state index in [0.717, 1.165) is 13.1 Å². The lowest BCUT2D eigenvalue weighted by Crippen LogP contribution is -2.51. The van der Waals surface area contributed by atoms with Crippen molar-refractivity contribution in [1.29, 1.82) is 0 Å². The predicted molar refractivity (Wildman–Crippen MR) is 86.6 cm³/mol. The van der Waals surface area contributed by atoms with Crippen LogP contribution in [0.15, 0.2) is 0 Å². The summed E-state index contributed by atoms with van der Waals surface area (Å²) in [4.78, 5) is 40.3. The maximum absolute atomic E-state index is 12.0. The van der Waals surface area contributed by atoms with Gasteiger partial charge >= 0.3 is 12.1 Å². The summed E-state index contributed by atoms with van der Waals surface area (Å²) in [6, 6.07) is 0. The topological polar surface area (TPSA) is 90.4 Å². The molecule has 0 radical (unpaired) electrons. The van der Waals surface area contributed by atoms with E-state index in [4.69, 9.17) is 9.84 Å². The molecule has 1 N–H and O–H groups in total. The SMILES string of the molecule is CC(C)(C)OC(=O)N1CCN(CCN2CC(C(=O)O)CC2=O)CC1. The third-order valence-electron chi connectivity index (χ3n) is 4.27. The Hall–Kier alpha value is -1.83. The summed E-state index contributed by atoms with van der Waals surface area (Å²) >= 11 is 0. The van der Waals surface area contributed by atoms with Gasteiger partial charge in [-0.15, -0.1) is 0 Å². The minimum atomic E-state index is -0.906. The van der Waals surface area contributed by atoms with E-state index in [1.165, 1.54) is 0 Å². The first kappa shape index (κ1) is 18.5. The zero-order valence-corrected chi connectivity index (χ0v) is 14.7. The number of likely N-dealkylation sites (tertiary alicyclic amines) is 1. The van der Waals surface area contributed by atoms with Crippen LogP contribution >= 0.6 is 0 Å². The number of ether oxygens (including phenoxy) is 1. The Balaban J connectivity index is 1.71. The molecule has 0 aromatic carbocycles. The van der Waals surface area contributed by atoms with Crippen LogP contribution in [0, 0.1) is 5.92 Å². The second kappa shape index (κ2) is 7.38. The van der Waals surface area contributed by atoms with Crippen molar-refractivity contribution in [2.45, 2.75) is 32.8 Å². The van der Waals surface area contributed by atoms with E-state index in [0.29, 0.717) is 32.7 Å². The summed E-state index contributed by atoms with van der Waals surface area (Å²) < 4.78 is 5.36. The van der Waals surface area contributed by atoms with Gasteiger partial charge in [-0.25, -0.2) is 4.79 Å². The lowest BCUT2D eigenvalue weighted by molar-refractivity contribution is -0.141. The van der Waals surface area contributed by atoms with Crippen molar-refractivity contribution in [2.75, 3.05) is 45.8 Å². The van der Waals surface area contributed by atoms with Crippen LogP contribution in [-0.2, 0) is 14.3 Å². The molecule has 2 rings (SSSR count). The number of nitrogens with zero attached hydrogens (tertiary/aromatic N) is 3. The molecule has 0 aromatic heterocycles. The van der Waals surface area contributed by atoms with Crippen LogP contribution in [0.3, 0.4) is 0 Å². The first-order valence-electron chi connectivity index (χ1n) is 8.36. The van der Waals surface area contributed by atoms with Crippen molar-refractivity contribution in [1.82, 2.24) is 14.7 Å². The molecule has 2 saturated heterocycles. The summed E-state index contributed by atoms with van der Waals surface area (Å²) in [6.45, 7) is 9.71. The molecular weight excluding hydrogens is 314 g/mol. The number of amides is 2. The maximum Gasteiger partial charge on any atom is 0.410 e. The third-order valence-corrected chi connectivity index (χ3v) is 4.27. The number of carboxylic acids is 1. The average molecular weight is 341 g/mol. The van der Waals surface area contributed by atoms with Gasteiger partial charge in [-0.3, -0.25) is 14.5 Å². The molecule has 0 spiro atoms. The first-order chi connectivity index (χ1) is 11.2. The zero-order valence-electron chi connectivity index (χ0n) is 14.7. The van der Waals surface area contributed by atoms with Gasteiger partial charge in [-0.05, 0) is 20.8 Å². The Kier molecular flexibility index (Phi) is 5.69. The number of carbonyl (C=O) groups excluding carboxylic acids is 2. The van der Waals surface area contributed by atoms with E-state index < -0.39 is 17.5 Å². The van der Waals surface area contributed by atoms with Gasteiger partial charge in [-0.1, -0.05) is 0 Å². The monoisotopic (exact) mass is 341 g/mol. The average Bonchev–Trinajstić information content (AvgIpc) is 2.85. The molecule has 2 aliphatic heterocycles. The van der Waals surface area contributed by atoms with Crippen LogP contribution < -0.4 is 0 Å². The number of hydrogen-bond acceptors (Lipinski definition) is 5. The lowest BCUT2D eigenvalue weighted by Gasteiger charge is -2.36. The molecule has 8 nitrogen and oxygen atoms in total. The molecule has 2 heterocycles. The fourth-order valence-electron chi connectivity index (χ4n) is 2.90. The Morgan fingerprint density at radius 2 is 1.79 bits per heavy atom. The minimum Gasteiger partial charge on any atom is -0.481 e. The highest BCUT2D eigenvalue weighted by molar-refractivity contribution is 5.86. The molecule has 2 amide bonds. The van der Waals surface area contributed by atoms with Crippen LogP contribution in [0.5, 0.6) is 0 Å². The standard InChI is InChI=1S/C16H27N3O5/c1-16(2,3)24-15(23)18-7-4-17(5-8-18)6-9-19-11-12(14(21)22)10-13(19)20/h12H,4-11H2,1-3H3,(H,21,22). The molecular formula is C16H27N3O5. The van der Waals surface area contributed by atoms with Gasteiger partial charge in [0.25, 0.3) is 0 Å². The first-order valence-corrected chi connectivity index (χ1v) is 8.36. The molecule has 0 aromatic rings. The summed E-state index contributed by atoms with van der Waals surface area (Å²) in [7, 11) is 0. The normalized spacial score (nSPS) is 22.8. The van der Waals surface area contributed by atoms with Gasteiger partial charge < -0.3 is 19.6 Å². The smallest absolute Gasteiger partial charge is 0.410 e. The lowest BCUT2D eigenvalue weighted by atomic mass is 10.1. The van der Waals surface area contributed by atoms with Crippen molar-refractivity contribution < 1.29 is 24.2 Å². The zero-order chi connectivity index (χ0) is 17.9. The molecule has 8 heteroatoms. The Bertz CT molecular complexity index is 494. The molecule has 136 valence electrons. The van der Waals surface area contributed by atoms with Crippen LogP contribution in [-0.4, -0.2) is 89.2 Å². The minimum absolute atomic E-state index is 0.0882. The Labute approximate surface area is 142 Å². The van der Waals surface area contributed by atoms with E-state index in [1.807, 2.05) is 20.8 Å². The second-order valence-corrected chi connectivity index (χ2v) is 7.39. The molecule has 2 aliphatic rings. The number of carbonyl (C=O) groups is 3. The summed E-state index contributed by atoms with van der Waals surface area (Å²) in [5, 5.41) is 8.99. The van der Waals surface area contributed by atoms with Crippen molar-refractivity contribution in [3.63, 3.8) is 0 Å². The van der Waals surface area contributed by atoms with E-state index >= 15 is 0 Å². The molecule has 0 bridgehead atoms. The number of rotatable bonds is 4. The van der Waals surface area contributed by atoms with Gasteiger partial charge in [0.1, 0.15) is 5.60 Å². The van der Waals surface area contributed by atoms with E-state index in [1.54, 1.807) is 9.80 Å². The molecule has 1 atom stereocenters. The van der Waals surface area contributed by atoms with Crippen molar-refractivity contribution in [3.8, 4) is 0 Å². The number of aliphatic carboxylic acids is 1. The van der Waals surface area contributed by atoms with Gasteiger partial charge in [0.15, 0.2) is 0 Å². The van der Waals surface area contributed by atoms with E-state index in [2.05, 4.69) is 4.90 Å². The highest BCUT2D eigenvalue weighted by atomic mass is 16.6. The summed E-state index contributed by atoms with van der Waals surface area (Å²) in [5.74, 6) is -1.58. The third kappa shape index (κ3) is 5.09. The largest absolute Gasteiger partial charge is 0.481 e. The molecule has 2 fully saturated rings. The van der Waals surface area contributed by atoms with Gasteiger partial charge in [-0.2, -0.15) is 0 Å². The second-order valence-electron chi connectivity index (χ2n) is 7.39. The van der Waals surface area contributed by atoms with Crippen LogP contribution in [0.1, 0.15) is 27.2 Å². The fourth-order valence-corrected chi connectivity index (χ4v) is 2.90. The maximum atomic E-state index is 12.0. The highest BCUT2D eigenvalue weighted by Gasteiger charge is 2.34. The quantitative estimate of drug-likeness (QED) is 0.799. The Morgan fingerprint density at radius 1 is 1.17 bits per heavy atom.